The van der Waals surface area contributed by atoms with Gasteiger partial charge in [0.15, 0.2) is 0 Å². The molecule has 1 saturated heterocycles. The molecule has 2 aliphatic rings. The lowest BCUT2D eigenvalue weighted by Gasteiger charge is -2.36. The smallest absolute Gasteiger partial charge is 0.227 e. The van der Waals surface area contributed by atoms with Crippen molar-refractivity contribution in [3.05, 3.63) is 41.8 Å². The average molecular weight is 384 g/mol. The van der Waals surface area contributed by atoms with E-state index in [1.807, 2.05) is 25.1 Å². The number of rotatable bonds is 4. The van der Waals surface area contributed by atoms with Gasteiger partial charge < -0.3 is 15.1 Å². The normalized spacial score (nSPS) is 18.8. The minimum absolute atomic E-state index is 0.155. The third kappa shape index (κ3) is 4.54. The second kappa shape index (κ2) is 8.76. The van der Waals surface area contributed by atoms with Crippen LogP contribution in [-0.4, -0.2) is 42.2 Å². The number of halogens is 1. The van der Waals surface area contributed by atoms with Crippen LogP contribution in [0.15, 0.2) is 30.3 Å². The SMILES string of the molecule is Cc1cc(NC2CCCCCC2)nc(N2CCN(c3ccccc3F)CC2)n1. The molecule has 2 heterocycles. The number of aryl methyl sites for hydroxylation is 1. The molecule has 1 aliphatic heterocycles. The lowest BCUT2D eigenvalue weighted by Crippen LogP contribution is -2.47. The Morgan fingerprint density at radius 3 is 2.32 bits per heavy atom. The summed E-state index contributed by atoms with van der Waals surface area (Å²) in [5.74, 6) is 1.56. The van der Waals surface area contributed by atoms with Crippen LogP contribution in [0.5, 0.6) is 0 Å². The molecule has 28 heavy (non-hydrogen) atoms. The molecule has 0 radical (unpaired) electrons. The molecule has 2 fully saturated rings. The molecule has 2 aromatic rings. The predicted octanol–water partition coefficient (Wildman–Crippen LogP) is 4.39. The summed E-state index contributed by atoms with van der Waals surface area (Å²) in [6, 6.07) is 9.56. The maximum absolute atomic E-state index is 14.1. The molecule has 150 valence electrons. The van der Waals surface area contributed by atoms with Crippen molar-refractivity contribution in [1.29, 1.82) is 0 Å². The second-order valence-corrected chi connectivity index (χ2v) is 7.95. The van der Waals surface area contributed by atoms with Crippen molar-refractivity contribution >= 4 is 17.5 Å². The van der Waals surface area contributed by atoms with Crippen molar-refractivity contribution in [2.24, 2.45) is 0 Å². The van der Waals surface area contributed by atoms with Gasteiger partial charge in [-0.3, -0.25) is 0 Å². The fraction of sp³-hybridized carbons (Fsp3) is 0.545. The standard InChI is InChI=1S/C22H30FN5/c1-17-16-21(25-18-8-4-2-3-5-9-18)26-22(24-17)28-14-12-27(13-15-28)20-11-7-6-10-19(20)23/h6-7,10-11,16,18H,2-5,8-9,12-15H2,1H3,(H,24,25,26). The summed E-state index contributed by atoms with van der Waals surface area (Å²) in [7, 11) is 0. The Bertz CT molecular complexity index is 780. The first-order chi connectivity index (χ1) is 13.7. The van der Waals surface area contributed by atoms with Gasteiger partial charge in [0.1, 0.15) is 11.6 Å². The number of anilines is 3. The van der Waals surface area contributed by atoms with E-state index >= 15 is 0 Å². The summed E-state index contributed by atoms with van der Waals surface area (Å²) < 4.78 is 14.1. The number of nitrogens with one attached hydrogen (secondary N) is 1. The molecule has 4 rings (SSSR count). The van der Waals surface area contributed by atoms with Crippen molar-refractivity contribution < 1.29 is 4.39 Å². The largest absolute Gasteiger partial charge is 0.367 e. The predicted molar refractivity (Wildman–Crippen MR) is 113 cm³/mol. The number of nitrogens with zero attached hydrogens (tertiary/aromatic N) is 4. The van der Waals surface area contributed by atoms with Crippen molar-refractivity contribution in [3.63, 3.8) is 0 Å². The molecule has 0 atom stereocenters. The highest BCUT2D eigenvalue weighted by Crippen LogP contribution is 2.24. The van der Waals surface area contributed by atoms with Crippen molar-refractivity contribution in [3.8, 4) is 0 Å². The van der Waals surface area contributed by atoms with E-state index in [9.17, 15) is 4.39 Å². The summed E-state index contributed by atoms with van der Waals surface area (Å²) in [6.07, 6.45) is 7.73. The lowest BCUT2D eigenvalue weighted by molar-refractivity contribution is 0.593. The highest BCUT2D eigenvalue weighted by molar-refractivity contribution is 5.50. The molecule has 1 aromatic heterocycles. The first-order valence-corrected chi connectivity index (χ1v) is 10.6. The molecule has 6 heteroatoms. The molecule has 1 saturated carbocycles. The molecule has 1 N–H and O–H groups in total. The Hall–Kier alpha value is -2.37. The summed E-state index contributed by atoms with van der Waals surface area (Å²) in [4.78, 5) is 13.8. The van der Waals surface area contributed by atoms with Gasteiger partial charge in [-0.05, 0) is 31.9 Å². The summed E-state index contributed by atoms with van der Waals surface area (Å²) in [6.45, 7) is 5.15. The highest BCUT2D eigenvalue weighted by Gasteiger charge is 2.22. The van der Waals surface area contributed by atoms with Crippen LogP contribution in [0.2, 0.25) is 0 Å². The van der Waals surface area contributed by atoms with Crippen LogP contribution in [0.1, 0.15) is 44.2 Å². The molecule has 1 aliphatic carbocycles. The first-order valence-electron chi connectivity index (χ1n) is 10.6. The zero-order chi connectivity index (χ0) is 19.3. The van der Waals surface area contributed by atoms with Gasteiger partial charge >= 0.3 is 0 Å². The number of piperazine rings is 1. The zero-order valence-corrected chi connectivity index (χ0v) is 16.7. The van der Waals surface area contributed by atoms with E-state index in [1.165, 1.54) is 44.6 Å². The van der Waals surface area contributed by atoms with Crippen LogP contribution in [-0.2, 0) is 0 Å². The summed E-state index contributed by atoms with van der Waals surface area (Å²) in [5.41, 5.74) is 1.67. The topological polar surface area (TPSA) is 44.3 Å². The van der Waals surface area contributed by atoms with Crippen LogP contribution >= 0.6 is 0 Å². The van der Waals surface area contributed by atoms with Crippen molar-refractivity contribution in [2.45, 2.75) is 51.5 Å². The van der Waals surface area contributed by atoms with Gasteiger partial charge in [0, 0.05) is 44.0 Å². The van der Waals surface area contributed by atoms with E-state index in [4.69, 9.17) is 4.98 Å². The van der Waals surface area contributed by atoms with Gasteiger partial charge in [-0.2, -0.15) is 4.98 Å². The molecule has 5 nitrogen and oxygen atoms in total. The zero-order valence-electron chi connectivity index (χ0n) is 16.7. The maximum Gasteiger partial charge on any atom is 0.227 e. The van der Waals surface area contributed by atoms with Gasteiger partial charge in [0.2, 0.25) is 5.95 Å². The second-order valence-electron chi connectivity index (χ2n) is 7.95. The molecule has 0 bridgehead atoms. The Balaban J connectivity index is 1.42. The fourth-order valence-electron chi connectivity index (χ4n) is 4.26. The molecule has 0 amide bonds. The Morgan fingerprint density at radius 1 is 0.929 bits per heavy atom. The van der Waals surface area contributed by atoms with Crippen LogP contribution < -0.4 is 15.1 Å². The fourth-order valence-corrected chi connectivity index (χ4v) is 4.26. The van der Waals surface area contributed by atoms with Crippen LogP contribution in [0, 0.1) is 12.7 Å². The van der Waals surface area contributed by atoms with Crippen LogP contribution in [0.3, 0.4) is 0 Å². The Morgan fingerprint density at radius 2 is 1.61 bits per heavy atom. The quantitative estimate of drug-likeness (QED) is 0.794. The van der Waals surface area contributed by atoms with Crippen LogP contribution in [0.4, 0.5) is 21.8 Å². The number of benzene rings is 1. The summed E-state index contributed by atoms with van der Waals surface area (Å²) >= 11 is 0. The van der Waals surface area contributed by atoms with E-state index in [-0.39, 0.29) is 5.82 Å². The Labute approximate surface area is 167 Å². The van der Waals surface area contributed by atoms with Gasteiger partial charge in [-0.1, -0.05) is 37.8 Å². The minimum Gasteiger partial charge on any atom is -0.367 e. The molecule has 0 unspecified atom stereocenters. The van der Waals surface area contributed by atoms with Crippen LogP contribution in [0.25, 0.3) is 0 Å². The molecule has 0 spiro atoms. The Kier molecular flexibility index (Phi) is 5.93. The molecular formula is C22H30FN5. The third-order valence-electron chi connectivity index (χ3n) is 5.81. The van der Waals surface area contributed by atoms with Gasteiger partial charge in [-0.25, -0.2) is 9.37 Å². The van der Waals surface area contributed by atoms with E-state index in [1.54, 1.807) is 6.07 Å². The van der Waals surface area contributed by atoms with E-state index in [2.05, 4.69) is 20.1 Å². The first kappa shape index (κ1) is 19.0. The molecular weight excluding hydrogens is 353 g/mol. The average Bonchev–Trinajstić information content (AvgIpc) is 2.97. The number of aromatic nitrogens is 2. The van der Waals surface area contributed by atoms with Gasteiger partial charge in [-0.15, -0.1) is 0 Å². The lowest BCUT2D eigenvalue weighted by atomic mass is 10.1. The number of para-hydroxylation sites is 1. The van der Waals surface area contributed by atoms with E-state index in [0.717, 1.165) is 43.6 Å². The van der Waals surface area contributed by atoms with E-state index < -0.39 is 0 Å². The minimum atomic E-state index is -0.155. The number of hydrogen-bond acceptors (Lipinski definition) is 5. The highest BCUT2D eigenvalue weighted by atomic mass is 19.1. The summed E-state index contributed by atoms with van der Waals surface area (Å²) in [5, 5.41) is 3.65. The molecule has 1 aromatic carbocycles. The number of hydrogen-bond donors (Lipinski definition) is 1. The maximum atomic E-state index is 14.1. The van der Waals surface area contributed by atoms with Gasteiger partial charge in [0.25, 0.3) is 0 Å². The van der Waals surface area contributed by atoms with Crippen molar-refractivity contribution in [1.82, 2.24) is 9.97 Å². The monoisotopic (exact) mass is 383 g/mol. The van der Waals surface area contributed by atoms with E-state index in [0.29, 0.717) is 11.7 Å². The van der Waals surface area contributed by atoms with Crippen molar-refractivity contribution in [2.75, 3.05) is 41.3 Å². The third-order valence-corrected chi connectivity index (χ3v) is 5.81. The van der Waals surface area contributed by atoms with Gasteiger partial charge in [0.05, 0.1) is 5.69 Å².